The lowest BCUT2D eigenvalue weighted by Crippen LogP contribution is -2.45. The first-order chi connectivity index (χ1) is 16.7. The first-order valence-electron chi connectivity index (χ1n) is 11.0. The molecule has 0 radical (unpaired) electrons. The molecule has 1 unspecified atom stereocenters. The van der Waals surface area contributed by atoms with Crippen LogP contribution in [0.15, 0.2) is 41.3 Å². The van der Waals surface area contributed by atoms with E-state index in [0.29, 0.717) is 55.1 Å². The van der Waals surface area contributed by atoms with Crippen LogP contribution in [0.2, 0.25) is 0 Å². The average Bonchev–Trinajstić information content (AvgIpc) is 2.85. The van der Waals surface area contributed by atoms with Crippen molar-refractivity contribution in [2.75, 3.05) is 38.4 Å². The summed E-state index contributed by atoms with van der Waals surface area (Å²) in [4.78, 5) is 24.9. The minimum Gasteiger partial charge on any atom is -0.486 e. The Labute approximate surface area is 202 Å². The van der Waals surface area contributed by atoms with Crippen molar-refractivity contribution in [1.29, 1.82) is 0 Å². The molecule has 0 bridgehead atoms. The summed E-state index contributed by atoms with van der Waals surface area (Å²) in [6.07, 6.45) is 0. The van der Waals surface area contributed by atoms with Crippen LogP contribution >= 0.6 is 0 Å². The summed E-state index contributed by atoms with van der Waals surface area (Å²) in [7, 11) is -4.09. The first-order valence-corrected chi connectivity index (χ1v) is 12.5. The molecule has 2 aromatic carbocycles. The van der Waals surface area contributed by atoms with Gasteiger partial charge in [-0.2, -0.15) is 4.72 Å². The van der Waals surface area contributed by atoms with Crippen LogP contribution in [-0.4, -0.2) is 59.4 Å². The van der Waals surface area contributed by atoms with E-state index >= 15 is 0 Å². The number of hydrogen-bond donors (Lipinski definition) is 2. The van der Waals surface area contributed by atoms with Crippen LogP contribution in [0.4, 0.5) is 5.69 Å². The zero-order valence-electron chi connectivity index (χ0n) is 19.2. The van der Waals surface area contributed by atoms with E-state index in [1.54, 1.807) is 32.0 Å². The topological polar surface area (TPSA) is 138 Å². The Bertz CT molecular complexity index is 1210. The molecule has 2 N–H and O–H groups in total. The second-order valence-corrected chi connectivity index (χ2v) is 9.88. The van der Waals surface area contributed by atoms with E-state index in [4.69, 9.17) is 23.7 Å². The first kappa shape index (κ1) is 24.6. The van der Waals surface area contributed by atoms with Gasteiger partial charge in [0, 0.05) is 17.8 Å². The lowest BCUT2D eigenvalue weighted by molar-refractivity contribution is -0.150. The van der Waals surface area contributed by atoms with E-state index < -0.39 is 40.5 Å². The minimum absolute atomic E-state index is 0.0865. The summed E-state index contributed by atoms with van der Waals surface area (Å²) < 4.78 is 55.1. The number of carbonyl (C=O) groups is 2. The number of carbonyl (C=O) groups excluding carboxylic acids is 2. The van der Waals surface area contributed by atoms with Crippen LogP contribution in [0.1, 0.15) is 13.8 Å². The monoisotopic (exact) mass is 506 g/mol. The zero-order valence-corrected chi connectivity index (χ0v) is 20.1. The van der Waals surface area contributed by atoms with Gasteiger partial charge in [-0.05, 0) is 30.2 Å². The highest BCUT2D eigenvalue weighted by Gasteiger charge is 2.31. The number of amides is 1. The number of rotatable bonds is 8. The molecule has 0 saturated heterocycles. The number of fused-ring (bicyclic) bond motifs is 2. The maximum absolute atomic E-state index is 12.9. The third-order valence-corrected chi connectivity index (χ3v) is 6.64. The van der Waals surface area contributed by atoms with E-state index in [1.165, 1.54) is 18.2 Å². The van der Waals surface area contributed by atoms with E-state index in [0.717, 1.165) is 0 Å². The normalized spacial score (nSPS) is 15.3. The Morgan fingerprint density at radius 2 is 1.46 bits per heavy atom. The van der Waals surface area contributed by atoms with Gasteiger partial charge in [-0.25, -0.2) is 8.42 Å². The standard InChI is InChI=1S/C23H26N2O9S/c1-14(2)22(25-35(28,29)16-4-6-18-20(12-16)33-10-8-31-18)23(27)34-13-21(26)24-15-3-5-17-19(11-15)32-9-7-30-17/h3-6,11-12,14,22,25H,7-10,13H2,1-2H3,(H,24,26). The summed E-state index contributed by atoms with van der Waals surface area (Å²) in [5.41, 5.74) is 0.440. The van der Waals surface area contributed by atoms with Gasteiger partial charge in [-0.3, -0.25) is 9.59 Å². The van der Waals surface area contributed by atoms with Gasteiger partial charge >= 0.3 is 5.97 Å². The Balaban J connectivity index is 1.36. The molecule has 2 aliphatic heterocycles. The van der Waals surface area contributed by atoms with E-state index in [9.17, 15) is 18.0 Å². The Hall–Kier alpha value is -3.51. The number of esters is 1. The van der Waals surface area contributed by atoms with Gasteiger partial charge in [0.2, 0.25) is 10.0 Å². The van der Waals surface area contributed by atoms with Gasteiger partial charge in [0.15, 0.2) is 29.6 Å². The third-order valence-electron chi connectivity index (χ3n) is 5.20. The SMILES string of the molecule is CC(C)C(NS(=O)(=O)c1ccc2c(c1)OCCO2)C(=O)OCC(=O)Nc1ccc2c(c1)OCCO2. The van der Waals surface area contributed by atoms with Crippen molar-refractivity contribution >= 4 is 27.6 Å². The summed E-state index contributed by atoms with van der Waals surface area (Å²) >= 11 is 0. The van der Waals surface area contributed by atoms with Crippen LogP contribution in [0, 0.1) is 5.92 Å². The van der Waals surface area contributed by atoms with E-state index in [2.05, 4.69) is 10.0 Å². The number of benzene rings is 2. The molecule has 1 atom stereocenters. The van der Waals surface area contributed by atoms with Crippen molar-refractivity contribution in [2.24, 2.45) is 5.92 Å². The van der Waals surface area contributed by atoms with Crippen molar-refractivity contribution < 1.29 is 41.7 Å². The van der Waals surface area contributed by atoms with E-state index in [1.807, 2.05) is 0 Å². The van der Waals surface area contributed by atoms with Crippen LogP contribution in [0.25, 0.3) is 0 Å². The van der Waals surface area contributed by atoms with Gasteiger partial charge in [0.05, 0.1) is 4.90 Å². The van der Waals surface area contributed by atoms with Crippen molar-refractivity contribution in [1.82, 2.24) is 4.72 Å². The zero-order chi connectivity index (χ0) is 25.0. The Kier molecular flexibility index (Phi) is 7.31. The van der Waals surface area contributed by atoms with Crippen molar-refractivity contribution in [3.8, 4) is 23.0 Å². The van der Waals surface area contributed by atoms with Crippen molar-refractivity contribution in [3.05, 3.63) is 36.4 Å². The van der Waals surface area contributed by atoms with E-state index in [-0.39, 0.29) is 4.90 Å². The summed E-state index contributed by atoms with van der Waals surface area (Å²) in [6.45, 7) is 4.26. The third kappa shape index (κ3) is 5.95. The molecule has 2 aliphatic rings. The highest BCUT2D eigenvalue weighted by Crippen LogP contribution is 2.33. The lowest BCUT2D eigenvalue weighted by atomic mass is 10.1. The lowest BCUT2D eigenvalue weighted by Gasteiger charge is -2.22. The molecule has 0 aliphatic carbocycles. The van der Waals surface area contributed by atoms with Crippen molar-refractivity contribution in [3.63, 3.8) is 0 Å². The molecule has 11 nitrogen and oxygen atoms in total. The Morgan fingerprint density at radius 1 is 0.886 bits per heavy atom. The van der Waals surface area contributed by atoms with Crippen molar-refractivity contribution in [2.45, 2.75) is 24.8 Å². The molecule has 4 rings (SSSR count). The fraction of sp³-hybridized carbons (Fsp3) is 0.391. The molecule has 12 heteroatoms. The quantitative estimate of drug-likeness (QED) is 0.512. The highest BCUT2D eigenvalue weighted by atomic mass is 32.2. The minimum atomic E-state index is -4.09. The predicted octanol–water partition coefficient (Wildman–Crippen LogP) is 1.71. The number of hydrogen-bond acceptors (Lipinski definition) is 9. The molecular weight excluding hydrogens is 480 g/mol. The molecule has 0 saturated carbocycles. The Morgan fingerprint density at radius 3 is 2.09 bits per heavy atom. The number of nitrogens with one attached hydrogen (secondary N) is 2. The molecule has 1 amide bonds. The highest BCUT2D eigenvalue weighted by molar-refractivity contribution is 7.89. The fourth-order valence-electron chi connectivity index (χ4n) is 3.43. The second kappa shape index (κ2) is 10.4. The number of sulfonamides is 1. The van der Waals surface area contributed by atoms with Crippen LogP contribution in [0.3, 0.4) is 0 Å². The van der Waals surface area contributed by atoms with Gasteiger partial charge in [-0.1, -0.05) is 13.8 Å². The molecule has 2 heterocycles. The average molecular weight is 507 g/mol. The molecule has 0 spiro atoms. The molecule has 2 aromatic rings. The van der Waals surface area contributed by atoms with Crippen LogP contribution in [-0.2, 0) is 24.3 Å². The summed E-state index contributed by atoms with van der Waals surface area (Å²) in [5.74, 6) is -0.0936. The fourth-order valence-corrected chi connectivity index (χ4v) is 4.78. The van der Waals surface area contributed by atoms with Gasteiger partial charge in [0.25, 0.3) is 5.91 Å². The number of anilines is 1. The summed E-state index contributed by atoms with van der Waals surface area (Å²) in [6, 6.07) is 7.87. The smallest absolute Gasteiger partial charge is 0.324 e. The molecule has 35 heavy (non-hydrogen) atoms. The predicted molar refractivity (Wildman–Crippen MR) is 123 cm³/mol. The van der Waals surface area contributed by atoms with Crippen LogP contribution < -0.4 is 29.0 Å². The van der Waals surface area contributed by atoms with Gasteiger partial charge < -0.3 is 29.0 Å². The number of ether oxygens (including phenoxy) is 5. The summed E-state index contributed by atoms with van der Waals surface area (Å²) in [5, 5.41) is 2.60. The van der Waals surface area contributed by atoms with Gasteiger partial charge in [0.1, 0.15) is 32.5 Å². The van der Waals surface area contributed by atoms with Gasteiger partial charge in [-0.15, -0.1) is 0 Å². The maximum Gasteiger partial charge on any atom is 0.324 e. The maximum atomic E-state index is 12.9. The van der Waals surface area contributed by atoms with Crippen LogP contribution in [0.5, 0.6) is 23.0 Å². The molecule has 0 aromatic heterocycles. The second-order valence-electron chi connectivity index (χ2n) is 8.16. The molecule has 188 valence electrons. The molecular formula is C23H26N2O9S. The molecule has 0 fully saturated rings. The largest absolute Gasteiger partial charge is 0.486 e.